The number of aryl methyl sites for hydroxylation is 1. The summed E-state index contributed by atoms with van der Waals surface area (Å²) in [5, 5.41) is 7.54. The number of hydrogen-bond acceptors (Lipinski definition) is 2. The number of carbonyl (C=O) groups is 1. The number of nitrogens with two attached hydrogens (primary N) is 1. The van der Waals surface area contributed by atoms with Crippen LogP contribution < -0.4 is 10.6 Å². The van der Waals surface area contributed by atoms with Crippen LogP contribution in [-0.2, 0) is 11.2 Å². The molecule has 1 saturated carbocycles. The van der Waals surface area contributed by atoms with Crippen LogP contribution in [0.15, 0.2) is 72.1 Å². The summed E-state index contributed by atoms with van der Waals surface area (Å²) in [6.07, 6.45) is 3.23. The molecule has 2 aromatic carbocycles. The summed E-state index contributed by atoms with van der Waals surface area (Å²) in [5.74, 6) is 0.112. The second kappa shape index (κ2) is 8.72. The van der Waals surface area contributed by atoms with E-state index in [1.807, 2.05) is 18.2 Å². The molecule has 28 heavy (non-hydrogen) atoms. The van der Waals surface area contributed by atoms with Gasteiger partial charge in [0.1, 0.15) is 6.04 Å². The Morgan fingerprint density at radius 1 is 1.04 bits per heavy atom. The first kappa shape index (κ1) is 18.9. The van der Waals surface area contributed by atoms with Gasteiger partial charge in [0.15, 0.2) is 6.04 Å². The minimum absolute atomic E-state index is 0.0982. The minimum Gasteiger partial charge on any atom is -0.348 e. The topological polar surface area (TPSA) is 45.7 Å². The lowest BCUT2D eigenvalue weighted by atomic mass is 9.99. The maximum Gasteiger partial charge on any atom is 0.283 e. The number of benzene rings is 2. The van der Waals surface area contributed by atoms with Crippen molar-refractivity contribution in [2.24, 2.45) is 0 Å². The predicted octanol–water partition coefficient (Wildman–Crippen LogP) is 3.98. The Morgan fingerprint density at radius 2 is 1.79 bits per heavy atom. The number of amides is 1. The Hall–Kier alpha value is -2.43. The zero-order valence-electron chi connectivity index (χ0n) is 16.2. The van der Waals surface area contributed by atoms with Gasteiger partial charge in [-0.1, -0.05) is 67.6 Å². The van der Waals surface area contributed by atoms with Crippen molar-refractivity contribution in [3.63, 3.8) is 0 Å². The molecule has 3 nitrogen and oxygen atoms in total. The number of thiophene rings is 1. The van der Waals surface area contributed by atoms with Gasteiger partial charge in [0, 0.05) is 17.2 Å². The fourth-order valence-corrected chi connectivity index (χ4v) is 4.35. The number of nitrogens with one attached hydrogen (secondary N) is 1. The number of rotatable bonds is 8. The molecule has 0 radical (unpaired) electrons. The molecule has 1 fully saturated rings. The van der Waals surface area contributed by atoms with Crippen molar-refractivity contribution in [3.05, 3.63) is 93.7 Å². The SMILES string of the molecule is CCc1ccc([C@@H]([NH2+][C@@H](C(=O)NC2CC2)c2ccccc2)c2cccs2)cc1. The van der Waals surface area contributed by atoms with Crippen molar-refractivity contribution < 1.29 is 10.1 Å². The van der Waals surface area contributed by atoms with E-state index in [1.54, 1.807) is 11.3 Å². The molecule has 2 atom stereocenters. The molecule has 1 aliphatic rings. The lowest BCUT2D eigenvalue weighted by Gasteiger charge is -2.22. The van der Waals surface area contributed by atoms with Crippen molar-refractivity contribution in [2.75, 3.05) is 0 Å². The van der Waals surface area contributed by atoms with Gasteiger partial charge in [-0.05, 0) is 36.3 Å². The summed E-state index contributed by atoms with van der Waals surface area (Å²) in [7, 11) is 0. The Kier molecular flexibility index (Phi) is 5.89. The predicted molar refractivity (Wildman–Crippen MR) is 114 cm³/mol. The number of carbonyl (C=O) groups excluding carboxylic acids is 1. The molecule has 4 heteroatoms. The van der Waals surface area contributed by atoms with Crippen LogP contribution in [0.2, 0.25) is 0 Å². The van der Waals surface area contributed by atoms with Crippen LogP contribution in [0.25, 0.3) is 0 Å². The molecule has 3 N–H and O–H groups in total. The fraction of sp³-hybridized carbons (Fsp3) is 0.292. The molecule has 144 valence electrons. The second-order valence-electron chi connectivity index (χ2n) is 7.45. The maximum absolute atomic E-state index is 13.1. The first-order valence-corrected chi connectivity index (χ1v) is 10.9. The lowest BCUT2D eigenvalue weighted by molar-refractivity contribution is -0.713. The summed E-state index contributed by atoms with van der Waals surface area (Å²) in [4.78, 5) is 14.4. The summed E-state index contributed by atoms with van der Waals surface area (Å²) in [6, 6.07) is 23.4. The zero-order chi connectivity index (χ0) is 19.3. The zero-order valence-corrected chi connectivity index (χ0v) is 17.0. The van der Waals surface area contributed by atoms with E-state index in [0.29, 0.717) is 6.04 Å². The molecule has 1 heterocycles. The van der Waals surface area contributed by atoms with Crippen molar-refractivity contribution in [1.29, 1.82) is 0 Å². The molecule has 0 bridgehead atoms. The van der Waals surface area contributed by atoms with Gasteiger partial charge in [0.2, 0.25) is 0 Å². The van der Waals surface area contributed by atoms with Crippen LogP contribution in [0.5, 0.6) is 0 Å². The van der Waals surface area contributed by atoms with E-state index in [0.717, 1.165) is 24.8 Å². The summed E-state index contributed by atoms with van der Waals surface area (Å²) in [6.45, 7) is 2.17. The molecular weight excluding hydrogens is 364 g/mol. The van der Waals surface area contributed by atoms with Crippen LogP contribution >= 0.6 is 11.3 Å². The first-order valence-electron chi connectivity index (χ1n) is 10.1. The van der Waals surface area contributed by atoms with Gasteiger partial charge in [0.05, 0.1) is 4.88 Å². The van der Waals surface area contributed by atoms with Crippen molar-refractivity contribution in [1.82, 2.24) is 5.32 Å². The molecule has 0 saturated heterocycles. The molecule has 1 aliphatic carbocycles. The Balaban J connectivity index is 1.66. The standard InChI is InChI=1S/C24H26N2OS/c1-2-17-10-12-19(13-11-17)22(21-9-6-16-28-21)26-23(18-7-4-3-5-8-18)24(27)25-20-14-15-20/h3-13,16,20,22-23,26H,2,14-15H2,1H3,(H,25,27)/p+1/t22-,23-/m1/s1. The van der Waals surface area contributed by atoms with E-state index >= 15 is 0 Å². The van der Waals surface area contributed by atoms with E-state index in [9.17, 15) is 4.79 Å². The normalized spacial score (nSPS) is 15.8. The average Bonchev–Trinajstić information content (AvgIpc) is 3.38. The van der Waals surface area contributed by atoms with Crippen LogP contribution in [0.1, 0.15) is 53.4 Å². The van der Waals surface area contributed by atoms with Crippen molar-refractivity contribution in [3.8, 4) is 0 Å². The molecule has 0 aliphatic heterocycles. The Bertz CT molecular complexity index is 886. The van der Waals surface area contributed by atoms with Crippen LogP contribution in [-0.4, -0.2) is 11.9 Å². The van der Waals surface area contributed by atoms with E-state index in [2.05, 4.69) is 71.5 Å². The largest absolute Gasteiger partial charge is 0.348 e. The molecular formula is C24H27N2OS+. The highest BCUT2D eigenvalue weighted by atomic mass is 32.1. The monoisotopic (exact) mass is 391 g/mol. The highest BCUT2D eigenvalue weighted by molar-refractivity contribution is 7.10. The van der Waals surface area contributed by atoms with Gasteiger partial charge in [-0.15, -0.1) is 11.3 Å². The van der Waals surface area contributed by atoms with Gasteiger partial charge in [-0.25, -0.2) is 0 Å². The van der Waals surface area contributed by atoms with Gasteiger partial charge in [0.25, 0.3) is 5.91 Å². The van der Waals surface area contributed by atoms with Crippen LogP contribution in [0, 0.1) is 0 Å². The summed E-state index contributed by atoms with van der Waals surface area (Å²) in [5.41, 5.74) is 3.62. The summed E-state index contributed by atoms with van der Waals surface area (Å²) < 4.78 is 0. The van der Waals surface area contributed by atoms with Crippen molar-refractivity contribution >= 4 is 17.2 Å². The molecule has 0 spiro atoms. The molecule has 0 unspecified atom stereocenters. The second-order valence-corrected chi connectivity index (χ2v) is 8.43. The fourth-order valence-electron chi connectivity index (χ4n) is 3.52. The summed E-state index contributed by atoms with van der Waals surface area (Å²) >= 11 is 1.75. The van der Waals surface area contributed by atoms with Gasteiger partial charge < -0.3 is 10.6 Å². The maximum atomic E-state index is 13.1. The van der Waals surface area contributed by atoms with E-state index in [4.69, 9.17) is 0 Å². The highest BCUT2D eigenvalue weighted by Crippen LogP contribution is 2.25. The van der Waals surface area contributed by atoms with E-state index in [-0.39, 0.29) is 18.0 Å². The van der Waals surface area contributed by atoms with Crippen LogP contribution in [0.4, 0.5) is 0 Å². The molecule has 1 amide bonds. The lowest BCUT2D eigenvalue weighted by Crippen LogP contribution is -2.88. The average molecular weight is 392 g/mol. The molecule has 4 rings (SSSR count). The number of quaternary nitrogens is 1. The third-order valence-corrected chi connectivity index (χ3v) is 6.30. The van der Waals surface area contributed by atoms with Crippen molar-refractivity contribution in [2.45, 2.75) is 44.3 Å². The van der Waals surface area contributed by atoms with Gasteiger partial charge >= 0.3 is 0 Å². The highest BCUT2D eigenvalue weighted by Gasteiger charge is 2.33. The Morgan fingerprint density at radius 3 is 2.39 bits per heavy atom. The third kappa shape index (κ3) is 4.51. The van der Waals surface area contributed by atoms with Crippen LogP contribution in [0.3, 0.4) is 0 Å². The van der Waals surface area contributed by atoms with Gasteiger partial charge in [-0.3, -0.25) is 4.79 Å². The molecule has 3 aromatic rings. The van der Waals surface area contributed by atoms with E-state index < -0.39 is 0 Å². The van der Waals surface area contributed by atoms with E-state index in [1.165, 1.54) is 16.0 Å². The smallest absolute Gasteiger partial charge is 0.283 e. The Labute approximate surface area is 170 Å². The molecule has 1 aromatic heterocycles. The van der Waals surface area contributed by atoms with Gasteiger partial charge in [-0.2, -0.15) is 0 Å². The number of hydrogen-bond donors (Lipinski definition) is 2. The first-order chi connectivity index (χ1) is 13.7. The minimum atomic E-state index is -0.264. The quantitative estimate of drug-likeness (QED) is 0.599. The third-order valence-electron chi connectivity index (χ3n) is 5.35.